The second-order valence-electron chi connectivity index (χ2n) is 11.9. The molecule has 43 heavy (non-hydrogen) atoms. The smallest absolute Gasteiger partial charge is 0.407 e. The number of piperidine rings is 1. The van der Waals surface area contributed by atoms with E-state index in [2.05, 4.69) is 20.3 Å². The number of unbranched alkanes of at least 4 members (excludes halogenated alkanes) is 5. The summed E-state index contributed by atoms with van der Waals surface area (Å²) in [5.41, 5.74) is 1.39. The lowest BCUT2D eigenvalue weighted by molar-refractivity contribution is 0.0361. The summed E-state index contributed by atoms with van der Waals surface area (Å²) in [5.74, 6) is 0.860. The van der Waals surface area contributed by atoms with Crippen molar-refractivity contribution in [3.05, 3.63) is 23.3 Å². The number of nitrogens with zero attached hydrogens (tertiary/aromatic N) is 1. The van der Waals surface area contributed by atoms with E-state index in [9.17, 15) is 14.4 Å². The largest absolute Gasteiger partial charge is 0.497 e. The Hall–Kier alpha value is -3.21. The Kier molecular flexibility index (Phi) is 12.6. The van der Waals surface area contributed by atoms with E-state index in [0.717, 1.165) is 83.0 Å². The minimum Gasteiger partial charge on any atom is -0.497 e. The number of likely N-dealkylation sites (tertiary alicyclic amines) is 1. The maximum absolute atomic E-state index is 12.4. The zero-order valence-corrected chi connectivity index (χ0v) is 26.0. The van der Waals surface area contributed by atoms with Gasteiger partial charge in [0.25, 0.3) is 0 Å². The molecule has 2 fully saturated rings. The second kappa shape index (κ2) is 16.6. The highest BCUT2D eigenvalue weighted by atomic mass is 16.6. The van der Waals surface area contributed by atoms with Gasteiger partial charge < -0.3 is 39.2 Å². The summed E-state index contributed by atoms with van der Waals surface area (Å²) in [7, 11) is 4.52. The third-order valence-electron chi connectivity index (χ3n) is 8.92. The van der Waals surface area contributed by atoms with Gasteiger partial charge in [-0.2, -0.15) is 0 Å². The number of esters is 1. The number of methoxy groups -OCH3 is 3. The molecule has 2 heterocycles. The molecule has 1 aromatic rings. The number of rotatable bonds is 14. The van der Waals surface area contributed by atoms with Gasteiger partial charge in [-0.15, -0.1) is 0 Å². The van der Waals surface area contributed by atoms with Gasteiger partial charge in [0.15, 0.2) is 0 Å². The van der Waals surface area contributed by atoms with E-state index in [1.165, 1.54) is 32.8 Å². The first kappa shape index (κ1) is 32.7. The van der Waals surface area contributed by atoms with E-state index in [1.54, 1.807) is 20.3 Å². The number of amides is 2. The quantitative estimate of drug-likeness (QED) is 0.161. The van der Waals surface area contributed by atoms with Crippen LogP contribution in [0, 0.1) is 0 Å². The van der Waals surface area contributed by atoms with Crippen LogP contribution in [-0.4, -0.2) is 82.2 Å². The van der Waals surface area contributed by atoms with E-state index in [0.29, 0.717) is 17.1 Å². The molecule has 0 bridgehead atoms. The van der Waals surface area contributed by atoms with Crippen LogP contribution in [0.1, 0.15) is 105 Å². The predicted molar refractivity (Wildman–Crippen MR) is 161 cm³/mol. The van der Waals surface area contributed by atoms with Gasteiger partial charge in [0.05, 0.1) is 21.3 Å². The topological polar surface area (TPSA) is 125 Å². The molecule has 0 radical (unpaired) electrons. The molecule has 4 rings (SSSR count). The van der Waals surface area contributed by atoms with Gasteiger partial charge >= 0.3 is 18.2 Å². The average molecular weight is 604 g/mol. The van der Waals surface area contributed by atoms with Crippen molar-refractivity contribution in [3.8, 4) is 11.5 Å². The van der Waals surface area contributed by atoms with Crippen LogP contribution >= 0.6 is 0 Å². The molecule has 0 aromatic heterocycles. The van der Waals surface area contributed by atoms with Crippen LogP contribution in [0.5, 0.6) is 11.5 Å². The first-order valence-corrected chi connectivity index (χ1v) is 15.9. The third-order valence-corrected chi connectivity index (χ3v) is 8.92. The highest BCUT2D eigenvalue weighted by molar-refractivity contribution is 5.97. The van der Waals surface area contributed by atoms with E-state index >= 15 is 0 Å². The van der Waals surface area contributed by atoms with Crippen LogP contribution in [0.3, 0.4) is 0 Å². The van der Waals surface area contributed by atoms with Crippen molar-refractivity contribution < 1.29 is 38.1 Å². The molecule has 1 atom stereocenters. The number of carbonyl (C=O) groups is 3. The highest BCUT2D eigenvalue weighted by Crippen LogP contribution is 2.41. The van der Waals surface area contributed by atoms with Crippen LogP contribution in [0.4, 0.5) is 9.59 Å². The molecule has 1 aromatic carbocycles. The van der Waals surface area contributed by atoms with Gasteiger partial charge in [-0.05, 0) is 70.4 Å². The SMILES string of the molecule is COC(=O)NC1CCC(OC(=O)NC2CCN(CCCCCCCC[C@H]3OC(=O)c4c(OC)cc(OC)cc43)CC2)CC1. The number of hydrogen-bond acceptors (Lipinski definition) is 9. The maximum Gasteiger partial charge on any atom is 0.407 e. The summed E-state index contributed by atoms with van der Waals surface area (Å²) in [4.78, 5) is 38.7. The number of cyclic esters (lactones) is 1. The molecular formula is C32H49N3O8. The Labute approximate surface area is 255 Å². The van der Waals surface area contributed by atoms with Crippen LogP contribution in [0.15, 0.2) is 12.1 Å². The molecule has 240 valence electrons. The molecule has 11 heteroatoms. The monoisotopic (exact) mass is 603 g/mol. The molecule has 1 saturated carbocycles. The number of alkyl carbamates (subject to hydrolysis) is 2. The summed E-state index contributed by atoms with van der Waals surface area (Å²) in [6.07, 6.45) is 11.6. The predicted octanol–water partition coefficient (Wildman–Crippen LogP) is 5.50. The van der Waals surface area contributed by atoms with Crippen LogP contribution in [-0.2, 0) is 14.2 Å². The van der Waals surface area contributed by atoms with Gasteiger partial charge in [-0.3, -0.25) is 0 Å². The van der Waals surface area contributed by atoms with E-state index in [1.807, 2.05) is 6.07 Å². The number of benzene rings is 1. The molecule has 2 aliphatic heterocycles. The van der Waals surface area contributed by atoms with E-state index < -0.39 is 6.09 Å². The molecule has 0 unspecified atom stereocenters. The number of hydrogen-bond donors (Lipinski definition) is 2. The summed E-state index contributed by atoms with van der Waals surface area (Å²) in [6.45, 7) is 3.08. The Bertz CT molecular complexity index is 1070. The molecule has 1 aliphatic carbocycles. The van der Waals surface area contributed by atoms with Crippen molar-refractivity contribution >= 4 is 18.2 Å². The normalized spacial score (nSPS) is 22.3. The maximum atomic E-state index is 12.4. The fraction of sp³-hybridized carbons (Fsp3) is 0.719. The van der Waals surface area contributed by atoms with E-state index in [-0.39, 0.29) is 36.4 Å². The number of fused-ring (bicyclic) bond motifs is 1. The molecule has 0 spiro atoms. The molecule has 1 saturated heterocycles. The minimum absolute atomic E-state index is 0.0825. The third kappa shape index (κ3) is 9.64. The molecule has 2 N–H and O–H groups in total. The molecular weight excluding hydrogens is 554 g/mol. The zero-order valence-electron chi connectivity index (χ0n) is 26.0. The summed E-state index contributed by atoms with van der Waals surface area (Å²) in [5, 5.41) is 5.88. The second-order valence-corrected chi connectivity index (χ2v) is 11.9. The van der Waals surface area contributed by atoms with Crippen molar-refractivity contribution in [2.45, 2.75) is 108 Å². The van der Waals surface area contributed by atoms with Crippen LogP contribution in [0.2, 0.25) is 0 Å². The molecule has 3 aliphatic rings. The Morgan fingerprint density at radius 2 is 1.49 bits per heavy atom. The Morgan fingerprint density at radius 3 is 2.16 bits per heavy atom. The lowest BCUT2D eigenvalue weighted by Crippen LogP contribution is -2.46. The fourth-order valence-corrected chi connectivity index (χ4v) is 6.40. The van der Waals surface area contributed by atoms with Gasteiger partial charge in [0, 0.05) is 36.8 Å². The zero-order chi connectivity index (χ0) is 30.6. The summed E-state index contributed by atoms with van der Waals surface area (Å²) < 4.78 is 26.7. The Morgan fingerprint density at radius 1 is 0.837 bits per heavy atom. The summed E-state index contributed by atoms with van der Waals surface area (Å²) in [6, 6.07) is 3.86. The number of nitrogens with one attached hydrogen (secondary N) is 2. The minimum atomic E-state index is -0.411. The van der Waals surface area contributed by atoms with Crippen molar-refractivity contribution in [2.24, 2.45) is 0 Å². The first-order valence-electron chi connectivity index (χ1n) is 15.9. The van der Waals surface area contributed by atoms with Gasteiger partial charge in [0.2, 0.25) is 0 Å². The standard InChI is InChI=1S/C32H49N3O8/c1-39-25-20-26-27(43-30(36)29(26)28(21-25)40-2)10-8-6-4-5-7-9-17-35-18-15-23(16-19-35)34-32(38)42-24-13-11-22(12-14-24)33-31(37)41-3/h20-24,27H,4-19H2,1-3H3,(H,33,37)(H,34,38)/t22?,24?,27-/m1/s1. The lowest BCUT2D eigenvalue weighted by Gasteiger charge is -2.33. The van der Waals surface area contributed by atoms with Gasteiger partial charge in [0.1, 0.15) is 29.3 Å². The van der Waals surface area contributed by atoms with E-state index in [4.69, 9.17) is 18.9 Å². The first-order chi connectivity index (χ1) is 20.9. The molecule has 2 amide bonds. The van der Waals surface area contributed by atoms with Gasteiger partial charge in [-0.1, -0.05) is 25.7 Å². The van der Waals surface area contributed by atoms with Crippen molar-refractivity contribution in [3.63, 3.8) is 0 Å². The summed E-state index contributed by atoms with van der Waals surface area (Å²) >= 11 is 0. The highest BCUT2D eigenvalue weighted by Gasteiger charge is 2.34. The van der Waals surface area contributed by atoms with Crippen molar-refractivity contribution in [1.82, 2.24) is 15.5 Å². The number of ether oxygens (including phenoxy) is 5. The Balaban J connectivity index is 1.01. The van der Waals surface area contributed by atoms with Crippen molar-refractivity contribution in [1.29, 1.82) is 0 Å². The fourth-order valence-electron chi connectivity index (χ4n) is 6.40. The van der Waals surface area contributed by atoms with Crippen molar-refractivity contribution in [2.75, 3.05) is 41.0 Å². The van der Waals surface area contributed by atoms with Crippen LogP contribution in [0.25, 0.3) is 0 Å². The average Bonchev–Trinajstić information content (AvgIpc) is 3.34. The van der Waals surface area contributed by atoms with Gasteiger partial charge in [-0.25, -0.2) is 14.4 Å². The lowest BCUT2D eigenvalue weighted by atomic mass is 9.93. The number of carbonyl (C=O) groups excluding carboxylic acids is 3. The molecule has 11 nitrogen and oxygen atoms in total. The van der Waals surface area contributed by atoms with Crippen LogP contribution < -0.4 is 20.1 Å².